The van der Waals surface area contributed by atoms with Gasteiger partial charge in [-0.25, -0.2) is 0 Å². The zero-order chi connectivity index (χ0) is 14.5. The predicted molar refractivity (Wildman–Crippen MR) is 93.4 cm³/mol. The van der Waals surface area contributed by atoms with Crippen molar-refractivity contribution in [1.82, 2.24) is 0 Å². The zero-order valence-electron chi connectivity index (χ0n) is 13.1. The predicted octanol–water partition coefficient (Wildman–Crippen LogP) is 6.24. The fourth-order valence-electron chi connectivity index (χ4n) is 4.45. The molecule has 0 nitrogen and oxygen atoms in total. The van der Waals surface area contributed by atoms with Crippen LogP contribution in [0.15, 0.2) is 58.3 Å². The summed E-state index contributed by atoms with van der Waals surface area (Å²) in [5.74, 6) is 0. The summed E-state index contributed by atoms with van der Waals surface area (Å²) in [6, 6.07) is 18.4. The van der Waals surface area contributed by atoms with Crippen LogP contribution in [-0.2, 0) is 0 Å². The molecule has 0 saturated heterocycles. The van der Waals surface area contributed by atoms with Crippen molar-refractivity contribution >= 4 is 10.0 Å². The molecule has 2 aromatic rings. The van der Waals surface area contributed by atoms with Crippen LogP contribution >= 0.6 is 10.0 Å². The van der Waals surface area contributed by atoms with E-state index in [4.69, 9.17) is 0 Å². The lowest BCUT2D eigenvalue weighted by Gasteiger charge is -2.52. The average Bonchev–Trinajstić information content (AvgIpc) is 2.80. The van der Waals surface area contributed by atoms with Gasteiger partial charge in [-0.15, -0.1) is 0 Å². The Balaban J connectivity index is 1.99. The van der Waals surface area contributed by atoms with Crippen molar-refractivity contribution in [2.45, 2.75) is 53.6 Å². The van der Waals surface area contributed by atoms with Gasteiger partial charge in [-0.2, -0.15) is 10.0 Å². The van der Waals surface area contributed by atoms with E-state index in [2.05, 4.69) is 61.7 Å². The minimum atomic E-state index is -0.924. The number of fused-ring (bicyclic) bond motifs is 3. The molecule has 1 aliphatic heterocycles. The molecule has 0 N–H and O–H groups in total. The Morgan fingerprint density at radius 1 is 0.762 bits per heavy atom. The number of hydrogen-bond acceptors (Lipinski definition) is 0. The van der Waals surface area contributed by atoms with Gasteiger partial charge in [0.2, 0.25) is 0 Å². The lowest BCUT2D eigenvalue weighted by atomic mass is 9.90. The van der Waals surface area contributed by atoms with Gasteiger partial charge in [-0.1, -0.05) is 62.6 Å². The smallest absolute Gasteiger partial charge is 0.00490 e. The molecular formula is C20H24S. The molecule has 110 valence electrons. The molecule has 2 aliphatic rings. The maximum Gasteiger partial charge on any atom is 0.00490 e. The molecule has 0 radical (unpaired) electrons. The van der Waals surface area contributed by atoms with E-state index in [0.717, 1.165) is 0 Å². The van der Waals surface area contributed by atoms with Crippen LogP contribution in [-0.4, -0.2) is 11.0 Å². The number of hydrogen-bond donors (Lipinski definition) is 0. The average molecular weight is 296 g/mol. The summed E-state index contributed by atoms with van der Waals surface area (Å²) in [4.78, 5) is 3.27. The first kappa shape index (κ1) is 13.5. The molecule has 1 heterocycles. The van der Waals surface area contributed by atoms with Crippen LogP contribution in [0.2, 0.25) is 0 Å². The second-order valence-corrected chi connectivity index (χ2v) is 10.6. The Morgan fingerprint density at radius 3 is 1.76 bits per heavy atom. The summed E-state index contributed by atoms with van der Waals surface area (Å²) >= 11 is 0. The van der Waals surface area contributed by atoms with Gasteiger partial charge in [0.1, 0.15) is 0 Å². The first-order valence-electron chi connectivity index (χ1n) is 8.13. The monoisotopic (exact) mass is 296 g/mol. The van der Waals surface area contributed by atoms with E-state index in [1.165, 1.54) is 43.2 Å². The Bertz CT molecular complexity index is 634. The summed E-state index contributed by atoms with van der Waals surface area (Å²) in [6.45, 7) is 2.57. The number of benzene rings is 2. The summed E-state index contributed by atoms with van der Waals surface area (Å²) in [6.07, 6.45) is 9.60. The molecule has 0 amide bonds. The van der Waals surface area contributed by atoms with Gasteiger partial charge in [0.05, 0.1) is 0 Å². The fourth-order valence-corrected chi connectivity index (χ4v) is 8.79. The first-order valence-corrected chi connectivity index (χ1v) is 10.2. The second kappa shape index (κ2) is 4.64. The second-order valence-electron chi connectivity index (χ2n) is 6.92. The van der Waals surface area contributed by atoms with E-state index in [-0.39, 0.29) is 0 Å². The van der Waals surface area contributed by atoms with Crippen LogP contribution in [0.25, 0.3) is 11.1 Å². The number of rotatable bonds is 1. The third-order valence-electron chi connectivity index (χ3n) is 5.84. The van der Waals surface area contributed by atoms with Crippen molar-refractivity contribution in [3.05, 3.63) is 48.5 Å². The fraction of sp³-hybridized carbons (Fsp3) is 0.400. The molecule has 0 atom stereocenters. The zero-order valence-corrected chi connectivity index (χ0v) is 13.9. The van der Waals surface area contributed by atoms with Crippen molar-refractivity contribution in [3.8, 4) is 11.1 Å². The quantitative estimate of drug-likeness (QED) is 0.584. The Hall–Kier alpha value is -1.21. The molecule has 0 spiro atoms. The lowest BCUT2D eigenvalue weighted by molar-refractivity contribution is 0.416. The summed E-state index contributed by atoms with van der Waals surface area (Å²) in [5.41, 5.74) is 3.00. The van der Waals surface area contributed by atoms with Crippen molar-refractivity contribution in [3.63, 3.8) is 0 Å². The first-order chi connectivity index (χ1) is 10.2. The Kier molecular flexibility index (Phi) is 2.97. The third kappa shape index (κ3) is 1.70. The lowest BCUT2D eigenvalue weighted by Crippen LogP contribution is -2.33. The topological polar surface area (TPSA) is 0 Å². The van der Waals surface area contributed by atoms with Crippen LogP contribution in [0.4, 0.5) is 0 Å². The maximum atomic E-state index is 2.59. The van der Waals surface area contributed by atoms with Gasteiger partial charge in [-0.3, -0.25) is 0 Å². The molecule has 1 heteroatoms. The molecular weight excluding hydrogens is 272 g/mol. The minimum Gasteiger partial charge on any atom is -0.184 e. The maximum absolute atomic E-state index is 2.59. The van der Waals surface area contributed by atoms with Crippen molar-refractivity contribution in [1.29, 1.82) is 0 Å². The van der Waals surface area contributed by atoms with Gasteiger partial charge in [0.15, 0.2) is 0 Å². The van der Waals surface area contributed by atoms with Gasteiger partial charge in [-0.05, 0) is 42.4 Å². The summed E-state index contributed by atoms with van der Waals surface area (Å²) in [5, 5.41) is 0. The Morgan fingerprint density at radius 2 is 1.24 bits per heavy atom. The summed E-state index contributed by atoms with van der Waals surface area (Å²) < 4.78 is 0.466. The SMILES string of the molecule is CC1(S2(C)c3ccccc3-c3ccccc32)CCCCC1. The highest BCUT2D eigenvalue weighted by Gasteiger charge is 2.48. The van der Waals surface area contributed by atoms with E-state index >= 15 is 0 Å². The van der Waals surface area contributed by atoms with Crippen molar-refractivity contribution < 1.29 is 0 Å². The van der Waals surface area contributed by atoms with Gasteiger partial charge in [0, 0.05) is 14.5 Å². The van der Waals surface area contributed by atoms with Gasteiger partial charge >= 0.3 is 0 Å². The molecule has 0 aromatic heterocycles. The Labute approximate surface area is 129 Å². The molecule has 1 saturated carbocycles. The standard InChI is InChI=1S/C20H24S/c1-20(14-8-3-9-15-20)21(2)18-12-6-4-10-16(18)17-11-5-7-13-19(17)21/h4-7,10-13H,3,8-9,14-15H2,1-2H3. The summed E-state index contributed by atoms with van der Waals surface area (Å²) in [7, 11) is -0.924. The highest BCUT2D eigenvalue weighted by molar-refractivity contribution is 8.34. The van der Waals surface area contributed by atoms with E-state index in [1.54, 1.807) is 9.79 Å². The van der Waals surface area contributed by atoms with E-state index in [0.29, 0.717) is 4.75 Å². The van der Waals surface area contributed by atoms with Gasteiger partial charge in [0.25, 0.3) is 0 Å². The van der Waals surface area contributed by atoms with E-state index < -0.39 is 10.0 Å². The molecule has 0 bridgehead atoms. The molecule has 2 aromatic carbocycles. The van der Waals surface area contributed by atoms with Crippen LogP contribution < -0.4 is 0 Å². The van der Waals surface area contributed by atoms with Crippen molar-refractivity contribution in [2.24, 2.45) is 0 Å². The van der Waals surface area contributed by atoms with E-state index in [9.17, 15) is 0 Å². The van der Waals surface area contributed by atoms with E-state index in [1.807, 2.05) is 0 Å². The molecule has 4 rings (SSSR count). The van der Waals surface area contributed by atoms with Crippen LogP contribution in [0.3, 0.4) is 0 Å². The molecule has 1 aliphatic carbocycles. The molecule has 1 fully saturated rings. The van der Waals surface area contributed by atoms with Gasteiger partial charge < -0.3 is 0 Å². The van der Waals surface area contributed by atoms with Crippen molar-refractivity contribution in [2.75, 3.05) is 6.26 Å². The minimum absolute atomic E-state index is 0.466. The molecule has 0 unspecified atom stereocenters. The largest absolute Gasteiger partial charge is 0.184 e. The normalized spacial score (nSPS) is 23.1. The van der Waals surface area contributed by atoms with Crippen LogP contribution in [0.1, 0.15) is 39.0 Å². The highest BCUT2D eigenvalue weighted by Crippen LogP contribution is 2.77. The third-order valence-corrected chi connectivity index (χ3v) is 10.7. The van der Waals surface area contributed by atoms with Crippen LogP contribution in [0.5, 0.6) is 0 Å². The van der Waals surface area contributed by atoms with Crippen LogP contribution in [0, 0.1) is 0 Å². The molecule has 21 heavy (non-hydrogen) atoms. The highest BCUT2D eigenvalue weighted by atomic mass is 32.3.